The Kier molecular flexibility index (Phi) is 7.98. The van der Waals surface area contributed by atoms with Gasteiger partial charge in [-0.2, -0.15) is 0 Å². The molecule has 0 radical (unpaired) electrons. The van der Waals surface area contributed by atoms with Crippen LogP contribution in [0.25, 0.3) is 0 Å². The predicted molar refractivity (Wildman–Crippen MR) is 78.6 cm³/mol. The van der Waals surface area contributed by atoms with Gasteiger partial charge in [0.15, 0.2) is 0 Å². The third-order valence-electron chi connectivity index (χ3n) is 4.45. The van der Waals surface area contributed by atoms with Crippen LogP contribution in [-0.4, -0.2) is 25.3 Å². The molecule has 110 valence electrons. The highest BCUT2D eigenvalue weighted by Crippen LogP contribution is 2.42. The Morgan fingerprint density at radius 3 is 1.83 bits per heavy atom. The second-order valence-electron chi connectivity index (χ2n) is 5.72. The van der Waals surface area contributed by atoms with Gasteiger partial charge in [-0.05, 0) is 57.7 Å². The molecule has 0 heterocycles. The molecule has 0 aliphatic rings. The van der Waals surface area contributed by atoms with E-state index in [9.17, 15) is 0 Å². The van der Waals surface area contributed by atoms with Crippen LogP contribution in [0.2, 0.25) is 0 Å². The Hall–Kier alpha value is -0.200. The summed E-state index contributed by atoms with van der Waals surface area (Å²) in [6.07, 6.45) is 4.38. The average Bonchev–Trinajstić information content (AvgIpc) is 2.33. The topological polar surface area (TPSA) is 130 Å². The first kappa shape index (κ1) is 17.8. The molecule has 0 aliphatic carbocycles. The molecule has 2 unspecified atom stereocenters. The molecule has 5 nitrogen and oxygen atoms in total. The summed E-state index contributed by atoms with van der Waals surface area (Å²) in [5.41, 5.74) is 28.8. The molecular weight excluding hydrogens is 226 g/mol. The molecule has 0 bridgehead atoms. The van der Waals surface area contributed by atoms with Crippen LogP contribution in [0.1, 0.15) is 46.0 Å². The summed E-state index contributed by atoms with van der Waals surface area (Å²) in [5, 5.41) is 0. The van der Waals surface area contributed by atoms with E-state index in [4.69, 9.17) is 28.7 Å². The largest absolute Gasteiger partial charge is 0.330 e. The van der Waals surface area contributed by atoms with Crippen molar-refractivity contribution in [3.05, 3.63) is 0 Å². The normalized spacial score (nSPS) is 17.5. The molecular formula is C13H33N5. The summed E-state index contributed by atoms with van der Waals surface area (Å²) in [4.78, 5) is 0. The first-order valence-corrected chi connectivity index (χ1v) is 7.03. The van der Waals surface area contributed by atoms with Crippen molar-refractivity contribution in [1.82, 2.24) is 0 Å². The van der Waals surface area contributed by atoms with E-state index in [2.05, 4.69) is 13.8 Å². The van der Waals surface area contributed by atoms with Gasteiger partial charge in [0, 0.05) is 5.41 Å². The van der Waals surface area contributed by atoms with Crippen molar-refractivity contribution >= 4 is 0 Å². The zero-order valence-electron chi connectivity index (χ0n) is 12.1. The lowest BCUT2D eigenvalue weighted by Gasteiger charge is -2.48. The van der Waals surface area contributed by atoms with Crippen molar-refractivity contribution in [3.63, 3.8) is 0 Å². The van der Waals surface area contributed by atoms with Crippen molar-refractivity contribution in [1.29, 1.82) is 0 Å². The van der Waals surface area contributed by atoms with Crippen molar-refractivity contribution in [2.45, 2.75) is 51.6 Å². The highest BCUT2D eigenvalue weighted by atomic mass is 15.0. The highest BCUT2D eigenvalue weighted by Gasteiger charge is 2.44. The van der Waals surface area contributed by atoms with E-state index in [0.717, 1.165) is 32.1 Å². The number of rotatable bonds is 10. The Labute approximate surface area is 112 Å². The van der Waals surface area contributed by atoms with Crippen LogP contribution in [0, 0.1) is 11.3 Å². The van der Waals surface area contributed by atoms with Gasteiger partial charge in [0.25, 0.3) is 0 Å². The number of nitrogens with two attached hydrogens (primary N) is 5. The van der Waals surface area contributed by atoms with Gasteiger partial charge in [-0.25, -0.2) is 0 Å². The van der Waals surface area contributed by atoms with Gasteiger partial charge in [0.05, 0.1) is 5.66 Å². The summed E-state index contributed by atoms with van der Waals surface area (Å²) in [6, 6.07) is 0. The van der Waals surface area contributed by atoms with Gasteiger partial charge in [-0.3, -0.25) is 0 Å². The fourth-order valence-electron chi connectivity index (χ4n) is 2.66. The van der Waals surface area contributed by atoms with Crippen LogP contribution in [-0.2, 0) is 0 Å². The Bertz CT molecular complexity index is 219. The van der Waals surface area contributed by atoms with Crippen LogP contribution in [0.3, 0.4) is 0 Å². The van der Waals surface area contributed by atoms with Gasteiger partial charge < -0.3 is 28.7 Å². The molecule has 0 saturated heterocycles. The molecule has 0 aliphatic heterocycles. The zero-order valence-corrected chi connectivity index (χ0v) is 12.1. The van der Waals surface area contributed by atoms with E-state index in [-0.39, 0.29) is 5.41 Å². The molecule has 0 amide bonds. The van der Waals surface area contributed by atoms with E-state index in [1.807, 2.05) is 0 Å². The predicted octanol–water partition coefficient (Wildman–Crippen LogP) is 0.0691. The monoisotopic (exact) mass is 259 g/mol. The molecule has 0 spiro atoms. The minimum atomic E-state index is -0.712. The van der Waals surface area contributed by atoms with Crippen LogP contribution >= 0.6 is 0 Å². The van der Waals surface area contributed by atoms with Gasteiger partial charge in [0.2, 0.25) is 0 Å². The van der Waals surface area contributed by atoms with E-state index in [1.165, 1.54) is 0 Å². The molecule has 0 aromatic carbocycles. The summed E-state index contributed by atoms with van der Waals surface area (Å²) in [5.74, 6) is 0.377. The van der Waals surface area contributed by atoms with Crippen LogP contribution in [0.5, 0.6) is 0 Å². The minimum absolute atomic E-state index is 0.152. The molecule has 0 rings (SSSR count). The quantitative estimate of drug-likeness (QED) is 0.354. The van der Waals surface area contributed by atoms with Crippen LogP contribution in [0.4, 0.5) is 0 Å². The van der Waals surface area contributed by atoms with Crippen molar-refractivity contribution in [3.8, 4) is 0 Å². The maximum Gasteiger partial charge on any atom is 0.0694 e. The molecule has 0 aromatic rings. The van der Waals surface area contributed by atoms with Gasteiger partial charge in [-0.1, -0.05) is 13.8 Å². The fraction of sp³-hybridized carbons (Fsp3) is 1.00. The summed E-state index contributed by atoms with van der Waals surface area (Å²) in [7, 11) is 0. The summed E-state index contributed by atoms with van der Waals surface area (Å²) >= 11 is 0. The van der Waals surface area contributed by atoms with Gasteiger partial charge in [0.1, 0.15) is 0 Å². The molecule has 0 aromatic heterocycles. The molecule has 10 N–H and O–H groups in total. The van der Waals surface area contributed by atoms with Crippen molar-refractivity contribution in [2.75, 3.05) is 19.6 Å². The lowest BCUT2D eigenvalue weighted by Crippen LogP contribution is -2.64. The van der Waals surface area contributed by atoms with E-state index in [1.54, 1.807) is 0 Å². The Morgan fingerprint density at radius 2 is 1.39 bits per heavy atom. The molecule has 0 fully saturated rings. The zero-order chi connectivity index (χ0) is 14.2. The Morgan fingerprint density at radius 1 is 0.889 bits per heavy atom. The second kappa shape index (κ2) is 8.07. The lowest BCUT2D eigenvalue weighted by atomic mass is 9.63. The smallest absolute Gasteiger partial charge is 0.0694 e. The number of hydrogen-bond acceptors (Lipinski definition) is 5. The lowest BCUT2D eigenvalue weighted by molar-refractivity contribution is 0.0505. The Balaban J connectivity index is 4.92. The van der Waals surface area contributed by atoms with Crippen LogP contribution in [0.15, 0.2) is 0 Å². The first-order valence-electron chi connectivity index (χ1n) is 7.03. The SMILES string of the molecule is CC(CCN)C(C)(CCCN)C(N)(N)CCCN. The van der Waals surface area contributed by atoms with Gasteiger partial charge in [-0.15, -0.1) is 0 Å². The third-order valence-corrected chi connectivity index (χ3v) is 4.45. The van der Waals surface area contributed by atoms with E-state index in [0.29, 0.717) is 25.6 Å². The molecule has 0 saturated carbocycles. The van der Waals surface area contributed by atoms with Crippen molar-refractivity contribution < 1.29 is 0 Å². The molecule has 2 atom stereocenters. The average molecular weight is 259 g/mol. The highest BCUT2D eigenvalue weighted by molar-refractivity contribution is 4.98. The maximum atomic E-state index is 6.39. The van der Waals surface area contributed by atoms with E-state index >= 15 is 0 Å². The van der Waals surface area contributed by atoms with Gasteiger partial charge >= 0.3 is 0 Å². The summed E-state index contributed by atoms with van der Waals surface area (Å²) in [6.45, 7) is 6.29. The second-order valence-corrected chi connectivity index (χ2v) is 5.72. The van der Waals surface area contributed by atoms with Crippen molar-refractivity contribution in [2.24, 2.45) is 40.0 Å². The van der Waals surface area contributed by atoms with E-state index < -0.39 is 5.66 Å². The first-order chi connectivity index (χ1) is 8.35. The third kappa shape index (κ3) is 4.48. The maximum absolute atomic E-state index is 6.39. The van der Waals surface area contributed by atoms with Crippen LogP contribution < -0.4 is 28.7 Å². The minimum Gasteiger partial charge on any atom is -0.330 e. The summed E-state index contributed by atoms with van der Waals surface area (Å²) < 4.78 is 0. The molecule has 5 heteroatoms. The molecule has 18 heavy (non-hydrogen) atoms. The number of hydrogen-bond donors (Lipinski definition) is 5. The standard InChI is InChI=1S/C13H33N5/c1-11(5-10-16)12(2,6-3-8-14)13(17,18)7-4-9-15/h11H,3-10,14-18H2,1-2H3. The fourth-order valence-corrected chi connectivity index (χ4v) is 2.66.